The average molecular weight is 411 g/mol. The number of thiocarbonyl (C=S) groups is 1. The molecule has 2 rings (SSSR count). The van der Waals surface area contributed by atoms with Crippen molar-refractivity contribution in [3.8, 4) is 0 Å². The molecule has 29 heavy (non-hydrogen) atoms. The van der Waals surface area contributed by atoms with Gasteiger partial charge in [0.1, 0.15) is 0 Å². The first-order valence-corrected chi connectivity index (χ1v) is 9.23. The molecule has 0 saturated heterocycles. The molecule has 0 saturated carbocycles. The van der Waals surface area contributed by atoms with Crippen LogP contribution in [0.3, 0.4) is 0 Å². The molecule has 0 aliphatic heterocycles. The van der Waals surface area contributed by atoms with E-state index >= 15 is 0 Å². The highest BCUT2D eigenvalue weighted by Crippen LogP contribution is 2.15. The molecule has 0 fully saturated rings. The molecule has 0 heterocycles. The van der Waals surface area contributed by atoms with E-state index in [0.717, 1.165) is 17.7 Å². The first kappa shape index (κ1) is 21.8. The van der Waals surface area contributed by atoms with Gasteiger partial charge >= 0.3 is 5.97 Å². The Kier molecular flexibility index (Phi) is 8.05. The van der Waals surface area contributed by atoms with Crippen molar-refractivity contribution >= 4 is 46.5 Å². The Balaban J connectivity index is 1.86. The van der Waals surface area contributed by atoms with Crippen LogP contribution in [0.2, 0.25) is 0 Å². The van der Waals surface area contributed by atoms with Crippen molar-refractivity contribution in [3.63, 3.8) is 0 Å². The van der Waals surface area contributed by atoms with Crippen LogP contribution >= 0.6 is 12.2 Å². The summed E-state index contributed by atoms with van der Waals surface area (Å²) in [4.78, 5) is 35.1. The molecule has 7 nitrogen and oxygen atoms in total. The normalized spacial score (nSPS) is 10.3. The van der Waals surface area contributed by atoms with Crippen molar-refractivity contribution in [1.29, 1.82) is 0 Å². The highest BCUT2D eigenvalue weighted by atomic mass is 32.1. The number of benzene rings is 2. The molecule has 0 bridgehead atoms. The molecule has 2 amide bonds. The van der Waals surface area contributed by atoms with Crippen molar-refractivity contribution in [2.24, 2.45) is 0 Å². The van der Waals surface area contributed by atoms with E-state index in [1.54, 1.807) is 37.3 Å². The second kappa shape index (κ2) is 10.7. The summed E-state index contributed by atoms with van der Waals surface area (Å²) in [5, 5.41) is 8.14. The number of hydrogen-bond acceptors (Lipinski definition) is 5. The second-order valence-corrected chi connectivity index (χ2v) is 6.34. The van der Waals surface area contributed by atoms with Gasteiger partial charge in [-0.2, -0.15) is 0 Å². The predicted octanol–water partition coefficient (Wildman–Crippen LogP) is 3.18. The lowest BCUT2D eigenvalue weighted by Crippen LogP contribution is -2.33. The van der Waals surface area contributed by atoms with E-state index in [1.807, 2.05) is 25.1 Å². The van der Waals surface area contributed by atoms with E-state index in [0.29, 0.717) is 16.9 Å². The van der Waals surface area contributed by atoms with Crippen molar-refractivity contribution in [2.45, 2.75) is 13.8 Å². The first-order chi connectivity index (χ1) is 13.9. The van der Waals surface area contributed by atoms with Gasteiger partial charge in [0.05, 0.1) is 6.61 Å². The number of anilines is 2. The third-order valence-electron chi connectivity index (χ3n) is 3.58. The fraction of sp³-hybridized carbons (Fsp3) is 0.143. The SMILES string of the molecule is CCOC(=O)/C=C/C(=O)NC(=S)Nc1ccc(NC(=O)c2cccc(C)c2)cc1. The van der Waals surface area contributed by atoms with Gasteiger partial charge in [-0.05, 0) is 62.5 Å². The van der Waals surface area contributed by atoms with Crippen LogP contribution in [0.4, 0.5) is 11.4 Å². The Bertz CT molecular complexity index is 939. The van der Waals surface area contributed by atoms with Gasteiger partial charge in [0.25, 0.3) is 5.91 Å². The zero-order valence-corrected chi connectivity index (χ0v) is 16.8. The van der Waals surface area contributed by atoms with Crippen molar-refractivity contribution < 1.29 is 19.1 Å². The van der Waals surface area contributed by atoms with Gasteiger partial charge in [0, 0.05) is 29.1 Å². The van der Waals surface area contributed by atoms with E-state index in [2.05, 4.69) is 20.7 Å². The molecule has 0 radical (unpaired) electrons. The number of rotatable bonds is 6. The van der Waals surface area contributed by atoms with Gasteiger partial charge in [0.2, 0.25) is 5.91 Å². The molecular weight excluding hydrogens is 390 g/mol. The number of amides is 2. The minimum Gasteiger partial charge on any atom is -0.463 e. The monoisotopic (exact) mass is 411 g/mol. The Hall–Kier alpha value is -3.52. The molecule has 2 aromatic rings. The van der Waals surface area contributed by atoms with Gasteiger partial charge in [-0.1, -0.05) is 17.7 Å². The third-order valence-corrected chi connectivity index (χ3v) is 3.78. The molecule has 0 aromatic heterocycles. The minimum atomic E-state index is -0.607. The molecule has 0 aliphatic rings. The zero-order chi connectivity index (χ0) is 21.2. The minimum absolute atomic E-state index is 0.0695. The number of aryl methyl sites for hydroxylation is 1. The summed E-state index contributed by atoms with van der Waals surface area (Å²) < 4.78 is 4.68. The number of nitrogens with one attached hydrogen (secondary N) is 3. The van der Waals surface area contributed by atoms with E-state index in [1.165, 1.54) is 0 Å². The van der Waals surface area contributed by atoms with Crippen LogP contribution in [-0.4, -0.2) is 29.5 Å². The van der Waals surface area contributed by atoms with Crippen molar-refractivity contribution in [2.75, 3.05) is 17.2 Å². The number of ether oxygens (including phenoxy) is 1. The molecular formula is C21H21N3O4S. The summed E-state index contributed by atoms with van der Waals surface area (Å²) in [7, 11) is 0. The van der Waals surface area contributed by atoms with Crippen molar-refractivity contribution in [3.05, 3.63) is 71.8 Å². The summed E-state index contributed by atoms with van der Waals surface area (Å²) in [5.41, 5.74) is 2.82. The zero-order valence-electron chi connectivity index (χ0n) is 16.0. The average Bonchev–Trinajstić information content (AvgIpc) is 2.68. The summed E-state index contributed by atoms with van der Waals surface area (Å²) >= 11 is 5.06. The number of carbonyl (C=O) groups is 3. The van der Waals surface area contributed by atoms with Gasteiger partial charge in [0.15, 0.2) is 5.11 Å². The third kappa shape index (κ3) is 7.55. The number of carbonyl (C=O) groups excluding carboxylic acids is 3. The summed E-state index contributed by atoms with van der Waals surface area (Å²) in [5.74, 6) is -1.37. The molecule has 150 valence electrons. The van der Waals surface area contributed by atoms with Gasteiger partial charge in [-0.15, -0.1) is 0 Å². The van der Waals surface area contributed by atoms with Crippen molar-refractivity contribution in [1.82, 2.24) is 5.32 Å². The Morgan fingerprint density at radius 3 is 2.28 bits per heavy atom. The van der Waals surface area contributed by atoms with E-state index < -0.39 is 11.9 Å². The maximum Gasteiger partial charge on any atom is 0.330 e. The van der Waals surface area contributed by atoms with E-state index in [-0.39, 0.29) is 17.6 Å². The maximum atomic E-state index is 12.3. The Morgan fingerprint density at radius 2 is 1.66 bits per heavy atom. The molecule has 0 unspecified atom stereocenters. The highest BCUT2D eigenvalue weighted by molar-refractivity contribution is 7.80. The quantitative estimate of drug-likeness (QED) is 0.384. The summed E-state index contributed by atoms with van der Waals surface area (Å²) in [6, 6.07) is 14.1. The maximum absolute atomic E-state index is 12.3. The van der Waals surface area contributed by atoms with Crippen LogP contribution < -0.4 is 16.0 Å². The first-order valence-electron chi connectivity index (χ1n) is 8.82. The van der Waals surface area contributed by atoms with Crippen LogP contribution in [0.1, 0.15) is 22.8 Å². The van der Waals surface area contributed by atoms with Crippen LogP contribution in [0.5, 0.6) is 0 Å². The Labute approximate surface area is 174 Å². The molecule has 3 N–H and O–H groups in total. The fourth-order valence-electron chi connectivity index (χ4n) is 2.28. The van der Waals surface area contributed by atoms with E-state index in [9.17, 15) is 14.4 Å². The number of esters is 1. The Morgan fingerprint density at radius 1 is 1.00 bits per heavy atom. The standard InChI is InChI=1S/C21H21N3O4S/c1-3-28-19(26)12-11-18(25)24-21(29)23-17-9-7-16(8-10-17)22-20(27)15-6-4-5-14(2)13-15/h4-13H,3H2,1-2H3,(H,22,27)(H2,23,24,25,29)/b12-11+. The molecule has 2 aromatic carbocycles. The number of hydrogen-bond donors (Lipinski definition) is 3. The lowest BCUT2D eigenvalue weighted by Gasteiger charge is -2.10. The van der Waals surface area contributed by atoms with E-state index in [4.69, 9.17) is 12.2 Å². The van der Waals surface area contributed by atoms with Crippen LogP contribution in [-0.2, 0) is 14.3 Å². The molecule has 0 spiro atoms. The fourth-order valence-corrected chi connectivity index (χ4v) is 2.49. The van der Waals surface area contributed by atoms with Crippen LogP contribution in [0, 0.1) is 6.92 Å². The van der Waals surface area contributed by atoms with Gasteiger partial charge < -0.3 is 15.4 Å². The molecule has 0 atom stereocenters. The summed E-state index contributed by atoms with van der Waals surface area (Å²) in [6.07, 6.45) is 2.06. The lowest BCUT2D eigenvalue weighted by atomic mass is 10.1. The molecule has 8 heteroatoms. The largest absolute Gasteiger partial charge is 0.463 e. The van der Waals surface area contributed by atoms with Crippen LogP contribution in [0.15, 0.2) is 60.7 Å². The van der Waals surface area contributed by atoms with Gasteiger partial charge in [-0.25, -0.2) is 4.79 Å². The van der Waals surface area contributed by atoms with Crippen LogP contribution in [0.25, 0.3) is 0 Å². The predicted molar refractivity (Wildman–Crippen MR) is 116 cm³/mol. The summed E-state index contributed by atoms with van der Waals surface area (Å²) in [6.45, 7) is 3.82. The molecule has 0 aliphatic carbocycles. The topological polar surface area (TPSA) is 96.5 Å². The lowest BCUT2D eigenvalue weighted by molar-refractivity contribution is -0.137. The second-order valence-electron chi connectivity index (χ2n) is 5.93. The highest BCUT2D eigenvalue weighted by Gasteiger charge is 2.07. The van der Waals surface area contributed by atoms with Gasteiger partial charge in [-0.3, -0.25) is 14.9 Å². The smallest absolute Gasteiger partial charge is 0.330 e.